The fourth-order valence-corrected chi connectivity index (χ4v) is 3.28. The zero-order valence-electron chi connectivity index (χ0n) is 14.2. The van der Waals surface area contributed by atoms with Gasteiger partial charge >= 0.3 is 0 Å². The number of likely N-dealkylation sites (tertiary alicyclic amines) is 1. The van der Waals surface area contributed by atoms with Crippen molar-refractivity contribution < 1.29 is 18.4 Å². The molecule has 1 unspecified atom stereocenters. The summed E-state index contributed by atoms with van der Waals surface area (Å²) in [6, 6.07) is 3.68. The summed E-state index contributed by atoms with van der Waals surface area (Å²) >= 11 is 0. The van der Waals surface area contributed by atoms with E-state index in [9.17, 15) is 18.4 Å². The van der Waals surface area contributed by atoms with E-state index in [2.05, 4.69) is 0 Å². The minimum Gasteiger partial charge on any atom is -0.340 e. The van der Waals surface area contributed by atoms with Crippen molar-refractivity contribution in [3.63, 3.8) is 0 Å². The Labute approximate surface area is 141 Å². The molecule has 1 fully saturated rings. The molecule has 0 radical (unpaired) electrons. The van der Waals surface area contributed by atoms with Crippen LogP contribution in [0.1, 0.15) is 46.0 Å². The molecule has 24 heavy (non-hydrogen) atoms. The molecule has 2 rings (SSSR count). The summed E-state index contributed by atoms with van der Waals surface area (Å²) < 4.78 is 27.9. The Morgan fingerprint density at radius 1 is 1.25 bits per heavy atom. The Morgan fingerprint density at radius 3 is 2.50 bits per heavy atom. The molecule has 0 aromatic heterocycles. The Morgan fingerprint density at radius 2 is 1.92 bits per heavy atom. The summed E-state index contributed by atoms with van der Waals surface area (Å²) in [6.07, 6.45) is 4.03. The van der Waals surface area contributed by atoms with E-state index in [1.807, 2.05) is 11.8 Å². The van der Waals surface area contributed by atoms with Crippen LogP contribution in [0.25, 0.3) is 0 Å². The zero-order valence-corrected chi connectivity index (χ0v) is 14.2. The van der Waals surface area contributed by atoms with E-state index in [0.29, 0.717) is 6.54 Å². The largest absolute Gasteiger partial charge is 0.340 e. The van der Waals surface area contributed by atoms with E-state index < -0.39 is 17.5 Å². The van der Waals surface area contributed by atoms with Crippen LogP contribution in [-0.2, 0) is 9.59 Å². The van der Waals surface area contributed by atoms with Crippen LogP contribution in [0, 0.1) is 11.6 Å². The van der Waals surface area contributed by atoms with Crippen LogP contribution in [-0.4, -0.2) is 35.8 Å². The van der Waals surface area contributed by atoms with Gasteiger partial charge < -0.3 is 9.80 Å². The molecule has 1 aromatic rings. The third-order valence-electron chi connectivity index (χ3n) is 4.56. The second kappa shape index (κ2) is 8.22. The lowest BCUT2D eigenvalue weighted by Crippen LogP contribution is -2.45. The molecule has 1 aliphatic heterocycles. The van der Waals surface area contributed by atoms with Crippen molar-refractivity contribution in [2.24, 2.45) is 0 Å². The van der Waals surface area contributed by atoms with Gasteiger partial charge in [-0.1, -0.05) is 13.0 Å². The average Bonchev–Trinajstić information content (AvgIpc) is 2.56. The number of amides is 2. The summed E-state index contributed by atoms with van der Waals surface area (Å²) in [4.78, 5) is 27.2. The van der Waals surface area contributed by atoms with Gasteiger partial charge in [0.1, 0.15) is 17.3 Å². The van der Waals surface area contributed by atoms with Crippen LogP contribution in [0.15, 0.2) is 18.2 Å². The molecular formula is C18H24F2N2O2. The predicted molar refractivity (Wildman–Crippen MR) is 88.6 cm³/mol. The summed E-state index contributed by atoms with van der Waals surface area (Å²) in [5.74, 6) is -2.16. The maximum absolute atomic E-state index is 13.9. The van der Waals surface area contributed by atoms with Crippen molar-refractivity contribution in [1.82, 2.24) is 4.90 Å². The van der Waals surface area contributed by atoms with Crippen molar-refractivity contribution >= 4 is 17.5 Å². The van der Waals surface area contributed by atoms with Gasteiger partial charge in [-0.25, -0.2) is 8.78 Å². The molecular weight excluding hydrogens is 314 g/mol. The number of halogens is 2. The van der Waals surface area contributed by atoms with Gasteiger partial charge in [-0.2, -0.15) is 0 Å². The van der Waals surface area contributed by atoms with E-state index in [4.69, 9.17) is 0 Å². The number of carbonyl (C=O) groups excluding carboxylic acids is 2. The SMILES string of the molecule is CCC1CCCCN1C(=O)CCN(C(C)=O)c1c(F)cccc1F. The molecule has 0 saturated carbocycles. The summed E-state index contributed by atoms with van der Waals surface area (Å²) in [6.45, 7) is 3.98. The normalized spacial score (nSPS) is 17.7. The second-order valence-electron chi connectivity index (χ2n) is 6.14. The van der Waals surface area contributed by atoms with Crippen molar-refractivity contribution in [3.05, 3.63) is 29.8 Å². The molecule has 1 saturated heterocycles. The fourth-order valence-electron chi connectivity index (χ4n) is 3.28. The zero-order chi connectivity index (χ0) is 17.7. The first-order chi connectivity index (χ1) is 11.5. The van der Waals surface area contributed by atoms with Gasteiger partial charge in [0.2, 0.25) is 11.8 Å². The highest BCUT2D eigenvalue weighted by molar-refractivity contribution is 5.92. The second-order valence-corrected chi connectivity index (χ2v) is 6.14. The number of nitrogens with zero attached hydrogens (tertiary/aromatic N) is 2. The maximum Gasteiger partial charge on any atom is 0.224 e. The van der Waals surface area contributed by atoms with Crippen molar-refractivity contribution in [2.45, 2.75) is 52.0 Å². The van der Waals surface area contributed by atoms with Crippen LogP contribution in [0.5, 0.6) is 0 Å². The van der Waals surface area contributed by atoms with Crippen molar-refractivity contribution in [3.8, 4) is 0 Å². The average molecular weight is 338 g/mol. The predicted octanol–water partition coefficient (Wildman–Crippen LogP) is 3.50. The Balaban J connectivity index is 2.09. The summed E-state index contributed by atoms with van der Waals surface area (Å²) in [7, 11) is 0. The van der Waals surface area contributed by atoms with Crippen LogP contribution in [0.3, 0.4) is 0 Å². The smallest absolute Gasteiger partial charge is 0.224 e. The minimum atomic E-state index is -0.804. The van der Waals surface area contributed by atoms with E-state index >= 15 is 0 Å². The molecule has 132 valence electrons. The molecule has 0 N–H and O–H groups in total. The van der Waals surface area contributed by atoms with Gasteiger partial charge in [-0.3, -0.25) is 9.59 Å². The number of carbonyl (C=O) groups is 2. The molecule has 1 atom stereocenters. The van der Waals surface area contributed by atoms with E-state index in [0.717, 1.165) is 42.7 Å². The molecule has 1 aromatic carbocycles. The van der Waals surface area contributed by atoms with Gasteiger partial charge in [0.15, 0.2) is 0 Å². The lowest BCUT2D eigenvalue weighted by molar-refractivity contribution is -0.134. The number of para-hydroxylation sites is 1. The molecule has 1 heterocycles. The van der Waals surface area contributed by atoms with Gasteiger partial charge in [-0.05, 0) is 37.8 Å². The van der Waals surface area contributed by atoms with Crippen LogP contribution in [0.2, 0.25) is 0 Å². The van der Waals surface area contributed by atoms with Crippen molar-refractivity contribution in [1.29, 1.82) is 0 Å². The molecule has 0 aliphatic carbocycles. The highest BCUT2D eigenvalue weighted by atomic mass is 19.1. The molecule has 0 bridgehead atoms. The number of benzene rings is 1. The Bertz CT molecular complexity index is 586. The van der Waals surface area contributed by atoms with Crippen LogP contribution in [0.4, 0.5) is 14.5 Å². The molecule has 2 amide bonds. The van der Waals surface area contributed by atoms with E-state index in [-0.39, 0.29) is 30.6 Å². The van der Waals surface area contributed by atoms with E-state index in [1.54, 1.807) is 0 Å². The number of hydrogen-bond acceptors (Lipinski definition) is 2. The Kier molecular flexibility index (Phi) is 6.29. The highest BCUT2D eigenvalue weighted by Gasteiger charge is 2.27. The maximum atomic E-state index is 13.9. The molecule has 4 nitrogen and oxygen atoms in total. The van der Waals surface area contributed by atoms with Crippen LogP contribution >= 0.6 is 0 Å². The fraction of sp³-hybridized carbons (Fsp3) is 0.556. The number of rotatable bonds is 5. The Hall–Kier alpha value is -1.98. The van der Waals surface area contributed by atoms with Gasteiger partial charge in [0.05, 0.1) is 0 Å². The van der Waals surface area contributed by atoms with Crippen molar-refractivity contribution in [2.75, 3.05) is 18.0 Å². The number of hydrogen-bond donors (Lipinski definition) is 0. The first kappa shape index (κ1) is 18.4. The number of anilines is 1. The summed E-state index contributed by atoms with van der Waals surface area (Å²) in [5, 5.41) is 0. The quantitative estimate of drug-likeness (QED) is 0.824. The molecule has 1 aliphatic rings. The van der Waals surface area contributed by atoms with Crippen LogP contribution < -0.4 is 4.90 Å². The minimum absolute atomic E-state index is 0.0288. The summed E-state index contributed by atoms with van der Waals surface area (Å²) in [5.41, 5.74) is -0.386. The molecule has 6 heteroatoms. The number of piperidine rings is 1. The van der Waals surface area contributed by atoms with Gasteiger partial charge in [0.25, 0.3) is 0 Å². The monoisotopic (exact) mass is 338 g/mol. The third kappa shape index (κ3) is 4.10. The third-order valence-corrected chi connectivity index (χ3v) is 4.56. The van der Waals surface area contributed by atoms with Gasteiger partial charge in [-0.15, -0.1) is 0 Å². The van der Waals surface area contributed by atoms with Gasteiger partial charge in [0, 0.05) is 32.5 Å². The topological polar surface area (TPSA) is 40.6 Å². The lowest BCUT2D eigenvalue weighted by Gasteiger charge is -2.36. The standard InChI is InChI=1S/C18H24F2N2O2/c1-3-14-7-4-5-11-22(14)17(24)10-12-21(13(2)23)18-15(19)8-6-9-16(18)20/h6,8-9,14H,3-5,7,10-12H2,1-2H3. The lowest BCUT2D eigenvalue weighted by atomic mass is 9.99. The highest BCUT2D eigenvalue weighted by Crippen LogP contribution is 2.25. The first-order valence-electron chi connectivity index (χ1n) is 8.47. The first-order valence-corrected chi connectivity index (χ1v) is 8.47. The van der Waals surface area contributed by atoms with E-state index in [1.165, 1.54) is 13.0 Å². The molecule has 0 spiro atoms.